The van der Waals surface area contributed by atoms with Crippen LogP contribution in [0, 0.1) is 0 Å². The smallest absolute Gasteiger partial charge is 0.231 e. The van der Waals surface area contributed by atoms with Gasteiger partial charge in [-0.05, 0) is 19.1 Å². The number of Topliss-reactive ketones (excluding diaryl/α,β-unsaturated/α-hetero) is 1. The first-order valence-corrected chi connectivity index (χ1v) is 5.39. The van der Waals surface area contributed by atoms with Gasteiger partial charge in [0.05, 0.1) is 5.88 Å². The number of benzene rings is 1. The summed E-state index contributed by atoms with van der Waals surface area (Å²) in [5, 5.41) is 0. The number of carbonyl (C=O) groups excluding carboxylic acids is 1. The van der Waals surface area contributed by atoms with Crippen molar-refractivity contribution in [2.24, 2.45) is 0 Å². The quantitative estimate of drug-likeness (QED) is 0.758. The molecule has 0 radical (unpaired) electrons. The molecule has 0 N–H and O–H groups in total. The van der Waals surface area contributed by atoms with Crippen LogP contribution in [-0.4, -0.2) is 24.6 Å². The van der Waals surface area contributed by atoms with Crippen LogP contribution in [0.4, 0.5) is 0 Å². The van der Waals surface area contributed by atoms with Crippen LogP contribution in [-0.2, 0) is 4.79 Å². The number of ether oxygens (including phenoxy) is 3. The van der Waals surface area contributed by atoms with Gasteiger partial charge in [-0.3, -0.25) is 4.79 Å². The molecule has 0 bridgehead atoms. The average Bonchev–Trinajstić information content (AvgIpc) is 2.75. The SMILES string of the molecule is CC(Oc1ccc2c(c1)OCO2)C(=O)CCl. The van der Waals surface area contributed by atoms with Crippen molar-refractivity contribution in [3.63, 3.8) is 0 Å². The number of hydrogen-bond donors (Lipinski definition) is 0. The van der Waals surface area contributed by atoms with Gasteiger partial charge in [0.15, 0.2) is 23.4 Å². The maximum absolute atomic E-state index is 11.2. The summed E-state index contributed by atoms with van der Waals surface area (Å²) in [5.41, 5.74) is 0. The molecule has 1 aromatic carbocycles. The molecule has 5 heteroatoms. The highest BCUT2D eigenvalue weighted by molar-refractivity contribution is 6.28. The van der Waals surface area contributed by atoms with Crippen molar-refractivity contribution in [1.82, 2.24) is 0 Å². The zero-order valence-corrected chi connectivity index (χ0v) is 9.49. The lowest BCUT2D eigenvalue weighted by molar-refractivity contribution is -0.122. The summed E-state index contributed by atoms with van der Waals surface area (Å²) in [6, 6.07) is 5.17. The van der Waals surface area contributed by atoms with Gasteiger partial charge in [-0.15, -0.1) is 11.6 Å². The first kappa shape index (κ1) is 11.1. The normalized spacial score (nSPS) is 14.6. The van der Waals surface area contributed by atoms with Crippen molar-refractivity contribution in [2.75, 3.05) is 12.7 Å². The molecule has 0 amide bonds. The van der Waals surface area contributed by atoms with Crippen molar-refractivity contribution >= 4 is 17.4 Å². The molecule has 1 aromatic rings. The maximum Gasteiger partial charge on any atom is 0.231 e. The lowest BCUT2D eigenvalue weighted by Crippen LogP contribution is -2.24. The van der Waals surface area contributed by atoms with E-state index in [0.29, 0.717) is 17.2 Å². The third-order valence-electron chi connectivity index (χ3n) is 2.24. The first-order chi connectivity index (χ1) is 7.70. The van der Waals surface area contributed by atoms with Crippen LogP contribution >= 0.6 is 11.6 Å². The van der Waals surface area contributed by atoms with Gasteiger partial charge < -0.3 is 14.2 Å². The molecular formula is C11H11ClO4. The van der Waals surface area contributed by atoms with Crippen LogP contribution in [0.1, 0.15) is 6.92 Å². The van der Waals surface area contributed by atoms with Gasteiger partial charge in [-0.2, -0.15) is 0 Å². The van der Waals surface area contributed by atoms with Gasteiger partial charge in [0.1, 0.15) is 5.75 Å². The Morgan fingerprint density at radius 2 is 2.25 bits per heavy atom. The summed E-state index contributed by atoms with van der Waals surface area (Å²) in [6.07, 6.45) is -0.558. The van der Waals surface area contributed by atoms with E-state index in [4.69, 9.17) is 25.8 Å². The summed E-state index contributed by atoms with van der Waals surface area (Å²) in [6.45, 7) is 1.88. The first-order valence-electron chi connectivity index (χ1n) is 4.85. The number of ketones is 1. The van der Waals surface area contributed by atoms with E-state index in [1.807, 2.05) is 0 Å². The molecule has 16 heavy (non-hydrogen) atoms. The highest BCUT2D eigenvalue weighted by Crippen LogP contribution is 2.35. The third kappa shape index (κ3) is 2.22. The second-order valence-electron chi connectivity index (χ2n) is 3.38. The Labute approximate surface area is 98.1 Å². The molecule has 1 aliphatic rings. The molecule has 0 saturated heterocycles. The largest absolute Gasteiger partial charge is 0.483 e. The Bertz CT molecular complexity index is 405. The summed E-state index contributed by atoms with van der Waals surface area (Å²) < 4.78 is 15.8. The molecule has 0 saturated carbocycles. The Kier molecular flexibility index (Phi) is 3.19. The third-order valence-corrected chi connectivity index (χ3v) is 2.51. The Morgan fingerprint density at radius 3 is 3.00 bits per heavy atom. The van der Waals surface area contributed by atoms with Crippen molar-refractivity contribution < 1.29 is 19.0 Å². The Hall–Kier alpha value is -1.42. The molecule has 1 heterocycles. The van der Waals surface area contributed by atoms with E-state index in [1.165, 1.54) is 0 Å². The molecule has 86 valence electrons. The van der Waals surface area contributed by atoms with E-state index in [9.17, 15) is 4.79 Å². The van der Waals surface area contributed by atoms with Gasteiger partial charge >= 0.3 is 0 Å². The van der Waals surface area contributed by atoms with Gasteiger partial charge in [-0.25, -0.2) is 0 Å². The van der Waals surface area contributed by atoms with E-state index >= 15 is 0 Å². The number of hydrogen-bond acceptors (Lipinski definition) is 4. The van der Waals surface area contributed by atoms with Gasteiger partial charge in [0.25, 0.3) is 0 Å². The second kappa shape index (κ2) is 4.61. The number of rotatable bonds is 4. The van der Waals surface area contributed by atoms with E-state index in [2.05, 4.69) is 0 Å². The zero-order chi connectivity index (χ0) is 11.5. The molecule has 1 atom stereocenters. The lowest BCUT2D eigenvalue weighted by Gasteiger charge is -2.12. The molecule has 0 fully saturated rings. The van der Waals surface area contributed by atoms with Gasteiger partial charge in [0.2, 0.25) is 6.79 Å². The predicted octanol–water partition coefficient (Wildman–Crippen LogP) is 1.99. The fourth-order valence-electron chi connectivity index (χ4n) is 1.33. The molecule has 1 unspecified atom stereocenters. The van der Waals surface area contributed by atoms with Crippen LogP contribution in [0.25, 0.3) is 0 Å². The summed E-state index contributed by atoms with van der Waals surface area (Å²) in [5.74, 6) is 1.67. The van der Waals surface area contributed by atoms with Crippen LogP contribution in [0.5, 0.6) is 17.2 Å². The minimum atomic E-state index is -0.558. The van der Waals surface area contributed by atoms with E-state index in [-0.39, 0.29) is 18.5 Å². The predicted molar refractivity (Wildman–Crippen MR) is 58.4 cm³/mol. The molecule has 0 aromatic heterocycles. The number of fused-ring (bicyclic) bond motifs is 1. The molecule has 0 spiro atoms. The van der Waals surface area contributed by atoms with Crippen molar-refractivity contribution in [3.05, 3.63) is 18.2 Å². The van der Waals surface area contributed by atoms with Crippen molar-refractivity contribution in [2.45, 2.75) is 13.0 Å². The minimum absolute atomic E-state index is 0.0499. The molecule has 2 rings (SSSR count). The molecule has 4 nitrogen and oxygen atoms in total. The van der Waals surface area contributed by atoms with E-state index in [0.717, 1.165) is 0 Å². The fourth-order valence-corrected chi connectivity index (χ4v) is 1.55. The van der Waals surface area contributed by atoms with Crippen LogP contribution in [0.3, 0.4) is 0 Å². The van der Waals surface area contributed by atoms with Crippen molar-refractivity contribution in [3.8, 4) is 17.2 Å². The van der Waals surface area contributed by atoms with E-state index < -0.39 is 6.10 Å². The summed E-state index contributed by atoms with van der Waals surface area (Å²) >= 11 is 5.43. The Morgan fingerprint density at radius 1 is 1.50 bits per heavy atom. The average molecular weight is 243 g/mol. The van der Waals surface area contributed by atoms with Crippen LogP contribution in [0.15, 0.2) is 18.2 Å². The minimum Gasteiger partial charge on any atom is -0.483 e. The molecule has 0 aliphatic carbocycles. The fraction of sp³-hybridized carbons (Fsp3) is 0.364. The second-order valence-corrected chi connectivity index (χ2v) is 3.64. The monoisotopic (exact) mass is 242 g/mol. The summed E-state index contributed by atoms with van der Waals surface area (Å²) in [7, 11) is 0. The van der Waals surface area contributed by atoms with E-state index in [1.54, 1.807) is 25.1 Å². The van der Waals surface area contributed by atoms with Gasteiger partial charge in [-0.1, -0.05) is 0 Å². The number of halogens is 1. The van der Waals surface area contributed by atoms with Crippen LogP contribution < -0.4 is 14.2 Å². The van der Waals surface area contributed by atoms with Crippen molar-refractivity contribution in [1.29, 1.82) is 0 Å². The lowest BCUT2D eigenvalue weighted by atomic mass is 10.2. The highest BCUT2D eigenvalue weighted by atomic mass is 35.5. The number of alkyl halides is 1. The number of carbonyl (C=O) groups is 1. The van der Waals surface area contributed by atoms with Crippen LogP contribution in [0.2, 0.25) is 0 Å². The standard InChI is InChI=1S/C11H11ClO4/c1-7(9(13)5-12)16-8-2-3-10-11(4-8)15-6-14-10/h2-4,7H,5-6H2,1H3. The summed E-state index contributed by atoms with van der Waals surface area (Å²) in [4.78, 5) is 11.2. The Balaban J connectivity index is 2.08. The maximum atomic E-state index is 11.2. The molecular weight excluding hydrogens is 232 g/mol. The van der Waals surface area contributed by atoms with Gasteiger partial charge in [0, 0.05) is 6.07 Å². The highest BCUT2D eigenvalue weighted by Gasteiger charge is 2.17. The topological polar surface area (TPSA) is 44.8 Å². The zero-order valence-electron chi connectivity index (χ0n) is 8.73. The molecule has 1 aliphatic heterocycles.